The van der Waals surface area contributed by atoms with Gasteiger partial charge in [0.05, 0.1) is 0 Å². The molecule has 2 N–H and O–H groups in total. The van der Waals surface area contributed by atoms with Gasteiger partial charge in [-0.2, -0.15) is 0 Å². The molecule has 0 saturated carbocycles. The Labute approximate surface area is 122 Å². The zero-order chi connectivity index (χ0) is 15.2. The van der Waals surface area contributed by atoms with Gasteiger partial charge in [-0.1, -0.05) is 6.92 Å². The third-order valence-electron chi connectivity index (χ3n) is 4.38. The molecule has 0 spiro atoms. The fourth-order valence-electron chi connectivity index (χ4n) is 2.89. The monoisotopic (exact) mass is 286 g/mol. The Kier molecular flexibility index (Phi) is 6.92. The molecule has 118 valence electrons. The summed E-state index contributed by atoms with van der Waals surface area (Å²) in [5, 5.41) is 12.5. The van der Waals surface area contributed by atoms with Crippen molar-refractivity contribution in [1.29, 1.82) is 0 Å². The molecule has 2 unspecified atom stereocenters. The normalized spacial score (nSPS) is 21.6. The zero-order valence-corrected chi connectivity index (χ0v) is 13.3. The minimum absolute atomic E-state index is 0.234. The van der Waals surface area contributed by atoms with Crippen LogP contribution in [-0.2, 0) is 9.53 Å². The fraction of sp³-hybridized carbons (Fsp3) is 0.933. The molecule has 5 nitrogen and oxygen atoms in total. The van der Waals surface area contributed by atoms with Crippen LogP contribution < -0.4 is 5.32 Å². The quantitative estimate of drug-likeness (QED) is 0.709. The van der Waals surface area contributed by atoms with E-state index in [0.717, 1.165) is 32.6 Å². The molecular formula is C15H30N2O3. The topological polar surface area (TPSA) is 61.8 Å². The van der Waals surface area contributed by atoms with Gasteiger partial charge in [0, 0.05) is 25.8 Å². The minimum Gasteiger partial charge on any atom is -0.480 e. The number of carbonyl (C=O) groups is 1. The number of carboxylic acid groups (broad SMARTS) is 1. The van der Waals surface area contributed by atoms with Gasteiger partial charge in [-0.05, 0) is 52.6 Å². The second-order valence-corrected chi connectivity index (χ2v) is 6.22. The smallest absolute Gasteiger partial charge is 0.323 e. The molecule has 1 saturated heterocycles. The van der Waals surface area contributed by atoms with Gasteiger partial charge in [-0.15, -0.1) is 0 Å². The summed E-state index contributed by atoms with van der Waals surface area (Å²) in [6.07, 6.45) is 2.83. The number of nitrogens with one attached hydrogen (secondary N) is 1. The second kappa shape index (κ2) is 7.96. The molecule has 5 heteroatoms. The molecule has 0 bridgehead atoms. The molecule has 0 radical (unpaired) electrons. The average molecular weight is 286 g/mol. The Morgan fingerprint density at radius 2 is 2.10 bits per heavy atom. The van der Waals surface area contributed by atoms with Crippen LogP contribution in [0.2, 0.25) is 0 Å². The number of likely N-dealkylation sites (N-methyl/N-ethyl adjacent to an activating group) is 1. The molecule has 1 aliphatic heterocycles. The van der Waals surface area contributed by atoms with Gasteiger partial charge >= 0.3 is 5.97 Å². The number of hydrogen-bond donors (Lipinski definition) is 2. The second-order valence-electron chi connectivity index (χ2n) is 6.22. The van der Waals surface area contributed by atoms with E-state index < -0.39 is 11.5 Å². The summed E-state index contributed by atoms with van der Waals surface area (Å²) in [6, 6.07) is 0.234. The fourth-order valence-corrected chi connectivity index (χ4v) is 2.89. The predicted octanol–water partition coefficient (Wildman–Crippen LogP) is 1.58. The highest BCUT2D eigenvalue weighted by atomic mass is 16.5. The average Bonchev–Trinajstić information content (AvgIpc) is 2.39. The number of rotatable bonds is 8. The third kappa shape index (κ3) is 5.04. The highest BCUT2D eigenvalue weighted by Crippen LogP contribution is 2.20. The lowest BCUT2D eigenvalue weighted by Crippen LogP contribution is -2.53. The predicted molar refractivity (Wildman–Crippen MR) is 80.0 cm³/mol. The lowest BCUT2D eigenvalue weighted by molar-refractivity contribution is -0.145. The maximum Gasteiger partial charge on any atom is 0.323 e. The summed E-state index contributed by atoms with van der Waals surface area (Å²) < 4.78 is 5.38. The Balaban J connectivity index is 2.50. The summed E-state index contributed by atoms with van der Waals surface area (Å²) in [7, 11) is 2.09. The van der Waals surface area contributed by atoms with E-state index in [2.05, 4.69) is 24.2 Å². The van der Waals surface area contributed by atoms with Crippen molar-refractivity contribution in [3.63, 3.8) is 0 Å². The molecule has 1 rings (SSSR count). The molecule has 1 aliphatic rings. The van der Waals surface area contributed by atoms with Crippen LogP contribution in [0.5, 0.6) is 0 Å². The highest BCUT2D eigenvalue weighted by molar-refractivity contribution is 5.78. The number of nitrogens with zero attached hydrogens (tertiary/aromatic N) is 1. The van der Waals surface area contributed by atoms with Gasteiger partial charge in [0.15, 0.2) is 0 Å². The Bertz CT molecular complexity index is 305. The molecule has 2 atom stereocenters. The van der Waals surface area contributed by atoms with Crippen molar-refractivity contribution in [1.82, 2.24) is 10.2 Å². The van der Waals surface area contributed by atoms with Crippen molar-refractivity contribution in [3.05, 3.63) is 0 Å². The highest BCUT2D eigenvalue weighted by Gasteiger charge is 2.35. The maximum absolute atomic E-state index is 11.5. The first-order chi connectivity index (χ1) is 9.39. The van der Waals surface area contributed by atoms with Crippen LogP contribution in [0.4, 0.5) is 0 Å². The molecule has 0 aromatic heterocycles. The van der Waals surface area contributed by atoms with Crippen molar-refractivity contribution < 1.29 is 14.6 Å². The van der Waals surface area contributed by atoms with Crippen molar-refractivity contribution in [3.8, 4) is 0 Å². The summed E-state index contributed by atoms with van der Waals surface area (Å²) >= 11 is 0. The number of carboxylic acids is 1. The first kappa shape index (κ1) is 17.4. The third-order valence-corrected chi connectivity index (χ3v) is 4.38. The Morgan fingerprint density at radius 3 is 2.60 bits per heavy atom. The minimum atomic E-state index is -0.849. The van der Waals surface area contributed by atoms with Gasteiger partial charge in [0.25, 0.3) is 0 Å². The van der Waals surface area contributed by atoms with E-state index in [9.17, 15) is 9.90 Å². The number of aliphatic carboxylic acids is 1. The van der Waals surface area contributed by atoms with Crippen LogP contribution in [0.1, 0.15) is 40.0 Å². The molecule has 20 heavy (non-hydrogen) atoms. The standard InChI is InChI=1S/C15H30N2O3/c1-5-16-15(3,14(18)19)10-12(2)17(4)11-13-6-8-20-9-7-13/h12-13,16H,5-11H2,1-4H3,(H,18,19). The molecule has 1 fully saturated rings. The van der Waals surface area contributed by atoms with Gasteiger partial charge < -0.3 is 20.1 Å². The van der Waals surface area contributed by atoms with Crippen molar-refractivity contribution in [2.75, 3.05) is 33.4 Å². The SMILES string of the molecule is CCNC(C)(CC(C)N(C)CC1CCOCC1)C(=O)O. The Hall–Kier alpha value is -0.650. The van der Waals surface area contributed by atoms with Crippen molar-refractivity contribution >= 4 is 5.97 Å². The Morgan fingerprint density at radius 1 is 1.50 bits per heavy atom. The van der Waals surface area contributed by atoms with Crippen molar-refractivity contribution in [2.24, 2.45) is 5.92 Å². The van der Waals surface area contributed by atoms with Gasteiger partial charge in [0.1, 0.15) is 5.54 Å². The molecule has 1 heterocycles. The molecule has 0 amide bonds. The zero-order valence-electron chi connectivity index (χ0n) is 13.3. The van der Waals surface area contributed by atoms with E-state index >= 15 is 0 Å². The van der Waals surface area contributed by atoms with Crippen LogP contribution >= 0.6 is 0 Å². The summed E-state index contributed by atoms with van der Waals surface area (Å²) in [5.74, 6) is -0.0999. The molecule has 0 aliphatic carbocycles. The van der Waals surface area contributed by atoms with E-state index in [0.29, 0.717) is 18.9 Å². The van der Waals surface area contributed by atoms with Crippen LogP contribution in [-0.4, -0.2) is 60.9 Å². The lowest BCUT2D eigenvalue weighted by atomic mass is 9.92. The van der Waals surface area contributed by atoms with Gasteiger partial charge in [0.2, 0.25) is 0 Å². The first-order valence-electron chi connectivity index (χ1n) is 7.65. The first-order valence-corrected chi connectivity index (χ1v) is 7.65. The van der Waals surface area contributed by atoms with Crippen molar-refractivity contribution in [2.45, 2.75) is 51.6 Å². The largest absolute Gasteiger partial charge is 0.480 e. The van der Waals surface area contributed by atoms with Crippen LogP contribution in [0, 0.1) is 5.92 Å². The maximum atomic E-state index is 11.5. The van der Waals surface area contributed by atoms with Gasteiger partial charge in [-0.25, -0.2) is 0 Å². The number of ether oxygens (including phenoxy) is 1. The van der Waals surface area contributed by atoms with Gasteiger partial charge in [-0.3, -0.25) is 4.79 Å². The summed E-state index contributed by atoms with van der Waals surface area (Å²) in [5.41, 5.74) is -0.849. The molecule has 0 aromatic carbocycles. The van der Waals surface area contributed by atoms with E-state index in [1.165, 1.54) is 0 Å². The summed E-state index contributed by atoms with van der Waals surface area (Å²) in [4.78, 5) is 13.7. The van der Waals surface area contributed by atoms with E-state index in [1.54, 1.807) is 6.92 Å². The van der Waals surface area contributed by atoms with Crippen LogP contribution in [0.15, 0.2) is 0 Å². The number of hydrogen-bond acceptors (Lipinski definition) is 4. The lowest BCUT2D eigenvalue weighted by Gasteiger charge is -2.35. The van der Waals surface area contributed by atoms with Crippen LogP contribution in [0.25, 0.3) is 0 Å². The summed E-state index contributed by atoms with van der Waals surface area (Å²) in [6.45, 7) is 9.23. The molecular weight excluding hydrogens is 256 g/mol. The van der Waals surface area contributed by atoms with E-state index in [4.69, 9.17) is 4.74 Å². The molecule has 0 aromatic rings. The van der Waals surface area contributed by atoms with E-state index in [-0.39, 0.29) is 6.04 Å². The van der Waals surface area contributed by atoms with Crippen LogP contribution in [0.3, 0.4) is 0 Å². The van der Waals surface area contributed by atoms with E-state index in [1.807, 2.05) is 6.92 Å².